The van der Waals surface area contributed by atoms with Crippen molar-refractivity contribution in [2.45, 2.75) is 17.9 Å². The van der Waals surface area contributed by atoms with Gasteiger partial charge in [-0.15, -0.1) is 10.2 Å². The Morgan fingerprint density at radius 1 is 1.39 bits per heavy atom. The number of hydrogen-bond acceptors (Lipinski definition) is 6. The molecular weight excluding hydrogens is 258 g/mol. The van der Waals surface area contributed by atoms with Gasteiger partial charge in [-0.25, -0.2) is 4.39 Å². The summed E-state index contributed by atoms with van der Waals surface area (Å²) in [7, 11) is -1.82. The van der Waals surface area contributed by atoms with Crippen molar-refractivity contribution in [3.8, 4) is 0 Å². The first-order chi connectivity index (χ1) is 8.56. The molecule has 18 heavy (non-hydrogen) atoms. The van der Waals surface area contributed by atoms with E-state index in [0.29, 0.717) is 16.9 Å². The molecule has 2 rings (SSSR count). The van der Waals surface area contributed by atoms with Gasteiger partial charge < -0.3 is 14.5 Å². The maximum absolute atomic E-state index is 13.2. The van der Waals surface area contributed by atoms with E-state index in [1.165, 1.54) is 23.9 Å². The summed E-state index contributed by atoms with van der Waals surface area (Å²) in [5, 5.41) is 25.9. The van der Waals surface area contributed by atoms with Crippen molar-refractivity contribution in [2.75, 3.05) is 0 Å². The summed E-state index contributed by atoms with van der Waals surface area (Å²) in [6.07, 6.45) is 0. The molecule has 0 atom stereocenters. The molecule has 0 spiro atoms. The zero-order valence-electron chi connectivity index (χ0n) is 9.50. The summed E-state index contributed by atoms with van der Waals surface area (Å²) in [5.74, 6) is 0.303. The minimum Gasteiger partial charge on any atom is -0.423 e. The first kappa shape index (κ1) is 13.1. The molecular formula is C10H10BFN2O3S. The molecule has 0 fully saturated rings. The van der Waals surface area contributed by atoms with Crippen LogP contribution in [0.5, 0.6) is 0 Å². The highest BCUT2D eigenvalue weighted by atomic mass is 32.2. The highest BCUT2D eigenvalue weighted by Gasteiger charge is 2.17. The van der Waals surface area contributed by atoms with Gasteiger partial charge in [-0.05, 0) is 11.6 Å². The largest absolute Gasteiger partial charge is 0.491 e. The normalized spacial score (nSPS) is 10.7. The van der Waals surface area contributed by atoms with E-state index in [-0.39, 0.29) is 5.46 Å². The molecule has 0 aliphatic heterocycles. The van der Waals surface area contributed by atoms with Gasteiger partial charge in [0.25, 0.3) is 5.22 Å². The van der Waals surface area contributed by atoms with Crippen molar-refractivity contribution in [2.24, 2.45) is 0 Å². The molecule has 5 nitrogen and oxygen atoms in total. The van der Waals surface area contributed by atoms with Crippen molar-refractivity contribution in [1.82, 2.24) is 10.2 Å². The minimum absolute atomic E-state index is 0.144. The van der Waals surface area contributed by atoms with Crippen LogP contribution in [0, 0.1) is 12.7 Å². The second-order valence-electron chi connectivity index (χ2n) is 3.61. The van der Waals surface area contributed by atoms with Gasteiger partial charge in [0.15, 0.2) is 0 Å². The number of aromatic nitrogens is 2. The molecule has 0 bridgehead atoms. The number of halogens is 1. The van der Waals surface area contributed by atoms with Crippen LogP contribution in [0.2, 0.25) is 0 Å². The van der Waals surface area contributed by atoms with Crippen LogP contribution in [-0.2, 0) is 5.75 Å². The SMILES string of the molecule is Cc1nnc(SCc2ccc(F)c(B(O)O)c2)o1. The fourth-order valence-electron chi connectivity index (χ4n) is 1.36. The van der Waals surface area contributed by atoms with Gasteiger partial charge in [-0.2, -0.15) is 0 Å². The summed E-state index contributed by atoms with van der Waals surface area (Å²) < 4.78 is 18.4. The number of nitrogens with zero attached hydrogens (tertiary/aromatic N) is 2. The third-order valence-corrected chi connectivity index (χ3v) is 3.10. The van der Waals surface area contributed by atoms with Crippen LogP contribution < -0.4 is 5.46 Å². The second kappa shape index (κ2) is 5.51. The fraction of sp³-hybridized carbons (Fsp3) is 0.200. The topological polar surface area (TPSA) is 79.4 Å². The molecule has 0 aliphatic rings. The van der Waals surface area contributed by atoms with Crippen molar-refractivity contribution >= 4 is 24.3 Å². The number of aryl methyl sites for hydroxylation is 1. The smallest absolute Gasteiger partial charge is 0.423 e. The maximum atomic E-state index is 13.2. The lowest BCUT2D eigenvalue weighted by Crippen LogP contribution is -2.33. The number of thioether (sulfide) groups is 1. The quantitative estimate of drug-likeness (QED) is 0.620. The maximum Gasteiger partial charge on any atom is 0.491 e. The average Bonchev–Trinajstić information content (AvgIpc) is 2.74. The Balaban J connectivity index is 2.08. The summed E-state index contributed by atoms with van der Waals surface area (Å²) in [6.45, 7) is 1.69. The summed E-state index contributed by atoms with van der Waals surface area (Å²) in [6, 6.07) is 4.16. The molecule has 0 radical (unpaired) electrons. The van der Waals surface area contributed by atoms with Gasteiger partial charge in [0, 0.05) is 18.1 Å². The Kier molecular flexibility index (Phi) is 4.00. The molecule has 0 saturated heterocycles. The van der Waals surface area contributed by atoms with Crippen molar-refractivity contribution < 1.29 is 18.9 Å². The molecule has 1 heterocycles. The van der Waals surface area contributed by atoms with Crippen LogP contribution in [0.3, 0.4) is 0 Å². The van der Waals surface area contributed by atoms with Crippen LogP contribution >= 0.6 is 11.8 Å². The first-order valence-electron chi connectivity index (χ1n) is 5.13. The molecule has 2 N–H and O–H groups in total. The summed E-state index contributed by atoms with van der Waals surface area (Å²) in [5.41, 5.74) is 0.593. The summed E-state index contributed by atoms with van der Waals surface area (Å²) in [4.78, 5) is 0. The highest BCUT2D eigenvalue weighted by molar-refractivity contribution is 7.98. The van der Waals surface area contributed by atoms with E-state index in [9.17, 15) is 4.39 Å². The van der Waals surface area contributed by atoms with Gasteiger partial charge in [0.1, 0.15) is 5.82 Å². The van der Waals surface area contributed by atoms with Gasteiger partial charge in [-0.1, -0.05) is 23.9 Å². The van der Waals surface area contributed by atoms with E-state index in [4.69, 9.17) is 14.5 Å². The van der Waals surface area contributed by atoms with E-state index in [1.54, 1.807) is 13.0 Å². The lowest BCUT2D eigenvalue weighted by Gasteiger charge is -2.04. The first-order valence-corrected chi connectivity index (χ1v) is 6.12. The van der Waals surface area contributed by atoms with Crippen molar-refractivity contribution in [3.05, 3.63) is 35.5 Å². The second-order valence-corrected chi connectivity index (χ2v) is 4.53. The molecule has 1 aromatic carbocycles. The van der Waals surface area contributed by atoms with E-state index in [2.05, 4.69) is 10.2 Å². The Morgan fingerprint density at radius 2 is 2.17 bits per heavy atom. The number of benzene rings is 1. The predicted molar refractivity (Wildman–Crippen MR) is 64.8 cm³/mol. The van der Waals surface area contributed by atoms with Gasteiger partial charge >= 0.3 is 7.12 Å². The fourth-order valence-corrected chi connectivity index (χ4v) is 2.11. The molecule has 94 valence electrons. The molecule has 8 heteroatoms. The van der Waals surface area contributed by atoms with Crippen LogP contribution in [0.15, 0.2) is 27.8 Å². The van der Waals surface area contributed by atoms with E-state index in [1.807, 2.05) is 0 Å². The Labute approximate surface area is 107 Å². The third-order valence-electron chi connectivity index (χ3n) is 2.21. The Bertz CT molecular complexity index is 550. The molecule has 0 amide bonds. The van der Waals surface area contributed by atoms with Crippen molar-refractivity contribution in [3.63, 3.8) is 0 Å². The molecule has 0 unspecified atom stereocenters. The van der Waals surface area contributed by atoms with Crippen LogP contribution in [0.4, 0.5) is 4.39 Å². The van der Waals surface area contributed by atoms with Gasteiger partial charge in [-0.3, -0.25) is 0 Å². The van der Waals surface area contributed by atoms with Crippen LogP contribution in [0.25, 0.3) is 0 Å². The Hall–Kier alpha value is -1.38. The van der Waals surface area contributed by atoms with E-state index >= 15 is 0 Å². The standard InChI is InChI=1S/C10H10BFN2O3S/c1-6-13-14-10(17-6)18-5-7-2-3-9(12)8(4-7)11(15)16/h2-4,15-16H,5H2,1H3. The molecule has 0 saturated carbocycles. The zero-order chi connectivity index (χ0) is 13.1. The monoisotopic (exact) mass is 268 g/mol. The van der Waals surface area contributed by atoms with Crippen LogP contribution in [-0.4, -0.2) is 27.4 Å². The zero-order valence-corrected chi connectivity index (χ0v) is 10.3. The molecule has 2 aromatic rings. The van der Waals surface area contributed by atoms with Gasteiger partial charge in [0.05, 0.1) is 0 Å². The van der Waals surface area contributed by atoms with Gasteiger partial charge in [0.2, 0.25) is 5.89 Å². The Morgan fingerprint density at radius 3 is 2.78 bits per heavy atom. The number of hydrogen-bond donors (Lipinski definition) is 2. The number of rotatable bonds is 4. The molecule has 1 aromatic heterocycles. The van der Waals surface area contributed by atoms with E-state index in [0.717, 1.165) is 5.56 Å². The highest BCUT2D eigenvalue weighted by Crippen LogP contribution is 2.20. The van der Waals surface area contributed by atoms with E-state index < -0.39 is 12.9 Å². The van der Waals surface area contributed by atoms with Crippen LogP contribution in [0.1, 0.15) is 11.5 Å². The predicted octanol–water partition coefficient (Wildman–Crippen LogP) is 0.489. The third kappa shape index (κ3) is 3.09. The lowest BCUT2D eigenvalue weighted by atomic mass is 9.79. The lowest BCUT2D eigenvalue weighted by molar-refractivity contribution is 0.423. The molecule has 0 aliphatic carbocycles. The average molecular weight is 268 g/mol. The van der Waals surface area contributed by atoms with Crippen molar-refractivity contribution in [1.29, 1.82) is 0 Å². The minimum atomic E-state index is -1.82. The summed E-state index contributed by atoms with van der Waals surface area (Å²) >= 11 is 1.29.